The summed E-state index contributed by atoms with van der Waals surface area (Å²) in [5.41, 5.74) is 10.7. The van der Waals surface area contributed by atoms with Crippen molar-refractivity contribution in [2.45, 2.75) is 6.29 Å². The molecule has 0 aliphatic carbocycles. The van der Waals surface area contributed by atoms with Gasteiger partial charge in [-0.3, -0.25) is 14.9 Å². The standard InChI is InChI=1S/C16H24N8O2/c1-22-8-10(17)6-12(22)15(26)20-11-7-13(23(2)9-11)14(25)18-4-5-19-16-21-24(16)3/h6-9,16,19,21H,4-5,17H2,1-3H3,(H,18,25)(H,20,26). The van der Waals surface area contributed by atoms with Crippen LogP contribution >= 0.6 is 0 Å². The lowest BCUT2D eigenvalue weighted by Gasteiger charge is -2.06. The maximum atomic E-state index is 12.3. The third kappa shape index (κ3) is 4.04. The Kier molecular flexibility index (Phi) is 4.98. The lowest BCUT2D eigenvalue weighted by molar-refractivity contribution is 0.0944. The van der Waals surface area contributed by atoms with Gasteiger partial charge in [-0.05, 0) is 12.1 Å². The highest BCUT2D eigenvalue weighted by molar-refractivity contribution is 6.04. The Hall–Kier alpha value is -2.82. The van der Waals surface area contributed by atoms with Crippen molar-refractivity contribution in [1.82, 2.24) is 30.2 Å². The molecular weight excluding hydrogens is 336 g/mol. The molecular formula is C16H24N8O2. The maximum Gasteiger partial charge on any atom is 0.272 e. The number of hydrazine groups is 1. The molecule has 2 unspecified atom stereocenters. The number of aryl methyl sites for hydroxylation is 2. The van der Waals surface area contributed by atoms with Crippen LogP contribution in [0.3, 0.4) is 0 Å². The Bertz CT molecular complexity index is 824. The predicted octanol–water partition coefficient (Wildman–Crippen LogP) is -0.749. The van der Waals surface area contributed by atoms with E-state index >= 15 is 0 Å². The van der Waals surface area contributed by atoms with Crippen LogP contribution in [0.4, 0.5) is 11.4 Å². The number of nitrogens with one attached hydrogen (secondary N) is 4. The van der Waals surface area contributed by atoms with E-state index in [0.29, 0.717) is 35.9 Å². The van der Waals surface area contributed by atoms with Crippen molar-refractivity contribution in [3.05, 3.63) is 35.9 Å². The molecule has 1 saturated heterocycles. The van der Waals surface area contributed by atoms with Gasteiger partial charge >= 0.3 is 0 Å². The van der Waals surface area contributed by atoms with E-state index in [1.54, 1.807) is 47.8 Å². The molecule has 2 atom stereocenters. The van der Waals surface area contributed by atoms with Crippen LogP contribution in [-0.2, 0) is 14.1 Å². The Morgan fingerprint density at radius 1 is 1.08 bits per heavy atom. The van der Waals surface area contributed by atoms with Crippen molar-refractivity contribution in [3.63, 3.8) is 0 Å². The highest BCUT2D eigenvalue weighted by Crippen LogP contribution is 2.16. The number of anilines is 2. The van der Waals surface area contributed by atoms with E-state index in [9.17, 15) is 9.59 Å². The monoisotopic (exact) mass is 360 g/mol. The number of nitrogens with zero attached hydrogens (tertiary/aromatic N) is 3. The molecule has 0 saturated carbocycles. The zero-order valence-electron chi connectivity index (χ0n) is 15.0. The van der Waals surface area contributed by atoms with Crippen molar-refractivity contribution in [2.75, 3.05) is 31.2 Å². The number of nitrogen functional groups attached to an aromatic ring is 1. The SMILES string of the molecule is CN1NC1NCCNC(=O)c1cc(NC(=O)c2cc(N)cn2C)cn1C. The van der Waals surface area contributed by atoms with Crippen LogP contribution in [0.15, 0.2) is 24.5 Å². The molecule has 2 amide bonds. The van der Waals surface area contributed by atoms with Gasteiger partial charge in [-0.15, -0.1) is 0 Å². The van der Waals surface area contributed by atoms with E-state index in [4.69, 9.17) is 5.73 Å². The molecule has 10 nitrogen and oxygen atoms in total. The third-order valence-corrected chi connectivity index (χ3v) is 4.15. The van der Waals surface area contributed by atoms with E-state index in [2.05, 4.69) is 21.4 Å². The van der Waals surface area contributed by atoms with Crippen LogP contribution < -0.4 is 27.1 Å². The minimum Gasteiger partial charge on any atom is -0.397 e. The molecule has 3 rings (SSSR count). The fourth-order valence-electron chi connectivity index (χ4n) is 2.69. The Balaban J connectivity index is 1.55. The first kappa shape index (κ1) is 18.0. The molecule has 26 heavy (non-hydrogen) atoms. The van der Waals surface area contributed by atoms with Crippen LogP contribution in [0.5, 0.6) is 0 Å². The second-order valence-electron chi connectivity index (χ2n) is 6.30. The Labute approximate surface area is 151 Å². The largest absolute Gasteiger partial charge is 0.397 e. The van der Waals surface area contributed by atoms with Gasteiger partial charge in [0.15, 0.2) is 0 Å². The molecule has 1 fully saturated rings. The highest BCUT2D eigenvalue weighted by atomic mass is 16.2. The summed E-state index contributed by atoms with van der Waals surface area (Å²) in [7, 11) is 5.43. The van der Waals surface area contributed by atoms with Gasteiger partial charge in [0.2, 0.25) is 0 Å². The van der Waals surface area contributed by atoms with Crippen molar-refractivity contribution >= 4 is 23.2 Å². The van der Waals surface area contributed by atoms with Gasteiger partial charge in [0.05, 0.1) is 11.4 Å². The van der Waals surface area contributed by atoms with Crippen molar-refractivity contribution in [2.24, 2.45) is 14.1 Å². The summed E-state index contributed by atoms with van der Waals surface area (Å²) in [6.45, 7) is 1.15. The van der Waals surface area contributed by atoms with E-state index in [-0.39, 0.29) is 18.1 Å². The summed E-state index contributed by atoms with van der Waals surface area (Å²) in [5.74, 6) is -0.484. The highest BCUT2D eigenvalue weighted by Gasteiger charge is 2.27. The summed E-state index contributed by atoms with van der Waals surface area (Å²) in [6, 6.07) is 3.24. The molecule has 3 heterocycles. The second-order valence-corrected chi connectivity index (χ2v) is 6.30. The number of hydrogen-bond acceptors (Lipinski definition) is 6. The smallest absolute Gasteiger partial charge is 0.272 e. The van der Waals surface area contributed by atoms with Gasteiger partial charge < -0.3 is 25.5 Å². The second kappa shape index (κ2) is 7.20. The first-order chi connectivity index (χ1) is 12.3. The summed E-state index contributed by atoms with van der Waals surface area (Å²) in [4.78, 5) is 24.6. The van der Waals surface area contributed by atoms with Gasteiger partial charge in [-0.2, -0.15) is 0 Å². The maximum absolute atomic E-state index is 12.3. The minimum absolute atomic E-state index is 0.176. The first-order valence-corrected chi connectivity index (χ1v) is 8.25. The summed E-state index contributed by atoms with van der Waals surface area (Å²) < 4.78 is 3.33. The molecule has 0 spiro atoms. The Morgan fingerprint density at radius 3 is 2.35 bits per heavy atom. The molecule has 2 aromatic rings. The van der Waals surface area contributed by atoms with Gasteiger partial charge in [0.1, 0.15) is 17.7 Å². The molecule has 2 aromatic heterocycles. The molecule has 140 valence electrons. The zero-order chi connectivity index (χ0) is 18.8. The lowest BCUT2D eigenvalue weighted by atomic mass is 10.3. The van der Waals surface area contributed by atoms with Gasteiger partial charge in [0.25, 0.3) is 11.8 Å². The molecule has 1 aliphatic heterocycles. The lowest BCUT2D eigenvalue weighted by Crippen LogP contribution is -2.34. The van der Waals surface area contributed by atoms with Crippen LogP contribution in [0, 0.1) is 0 Å². The first-order valence-electron chi connectivity index (χ1n) is 8.25. The fraction of sp³-hybridized carbons (Fsp3) is 0.375. The summed E-state index contributed by atoms with van der Waals surface area (Å²) in [6.07, 6.45) is 3.54. The van der Waals surface area contributed by atoms with Crippen molar-refractivity contribution in [1.29, 1.82) is 0 Å². The van der Waals surface area contributed by atoms with Crippen LogP contribution in [0.2, 0.25) is 0 Å². The summed E-state index contributed by atoms with van der Waals surface area (Å²) in [5, 5.41) is 10.8. The summed E-state index contributed by atoms with van der Waals surface area (Å²) >= 11 is 0. The topological polar surface area (TPSA) is 131 Å². The number of amides is 2. The molecule has 6 N–H and O–H groups in total. The molecule has 0 radical (unpaired) electrons. The quantitative estimate of drug-likeness (QED) is 0.326. The molecule has 1 aliphatic rings. The van der Waals surface area contributed by atoms with Crippen LogP contribution in [-0.4, -0.2) is 52.4 Å². The van der Waals surface area contributed by atoms with Crippen molar-refractivity contribution in [3.8, 4) is 0 Å². The molecule has 10 heteroatoms. The van der Waals surface area contributed by atoms with Gasteiger partial charge in [0, 0.05) is 46.6 Å². The van der Waals surface area contributed by atoms with E-state index in [1.165, 1.54) is 0 Å². The number of aromatic nitrogens is 2. The minimum atomic E-state index is -0.285. The number of hydrogen-bond donors (Lipinski definition) is 5. The van der Waals surface area contributed by atoms with E-state index in [1.807, 2.05) is 12.1 Å². The number of rotatable bonds is 7. The average Bonchev–Trinajstić information content (AvgIpc) is 2.97. The number of carbonyl (C=O) groups is 2. The van der Waals surface area contributed by atoms with Gasteiger partial charge in [-0.25, -0.2) is 10.4 Å². The molecule has 0 bridgehead atoms. The van der Waals surface area contributed by atoms with E-state index in [0.717, 1.165) is 0 Å². The van der Waals surface area contributed by atoms with Crippen molar-refractivity contribution < 1.29 is 9.59 Å². The third-order valence-electron chi connectivity index (χ3n) is 4.15. The zero-order valence-corrected chi connectivity index (χ0v) is 15.0. The Morgan fingerprint density at radius 2 is 1.73 bits per heavy atom. The average molecular weight is 360 g/mol. The van der Waals surface area contributed by atoms with E-state index < -0.39 is 0 Å². The van der Waals surface area contributed by atoms with Gasteiger partial charge in [-0.1, -0.05) is 0 Å². The predicted molar refractivity (Wildman–Crippen MR) is 98.2 cm³/mol. The number of carbonyl (C=O) groups excluding carboxylic acids is 2. The number of nitrogens with two attached hydrogens (primary N) is 1. The van der Waals surface area contributed by atoms with Crippen LogP contribution in [0.1, 0.15) is 21.0 Å². The fourth-order valence-corrected chi connectivity index (χ4v) is 2.69. The molecule has 0 aromatic carbocycles. The normalized spacial score (nSPS) is 18.6. The van der Waals surface area contributed by atoms with Crippen LogP contribution in [0.25, 0.3) is 0 Å².